The van der Waals surface area contributed by atoms with E-state index >= 15 is 0 Å². The predicted octanol–water partition coefficient (Wildman–Crippen LogP) is 3.55. The first-order valence-electron chi connectivity index (χ1n) is 8.00. The predicted molar refractivity (Wildman–Crippen MR) is 92.7 cm³/mol. The van der Waals surface area contributed by atoms with Gasteiger partial charge in [0.15, 0.2) is 5.76 Å². The van der Waals surface area contributed by atoms with Crippen molar-refractivity contribution in [2.24, 2.45) is 0 Å². The quantitative estimate of drug-likeness (QED) is 0.607. The van der Waals surface area contributed by atoms with Gasteiger partial charge in [-0.1, -0.05) is 17.3 Å². The van der Waals surface area contributed by atoms with E-state index in [1.807, 2.05) is 0 Å². The maximum absolute atomic E-state index is 13.8. The summed E-state index contributed by atoms with van der Waals surface area (Å²) in [5, 5.41) is 5.96. The molecular formula is C18H12F4N2O4S. The van der Waals surface area contributed by atoms with E-state index in [0.29, 0.717) is 6.07 Å². The minimum Gasteiger partial charge on any atom is -0.356 e. The van der Waals surface area contributed by atoms with Gasteiger partial charge in [0, 0.05) is 12.1 Å². The summed E-state index contributed by atoms with van der Waals surface area (Å²) in [6.45, 7) is -0.256. The molecule has 152 valence electrons. The van der Waals surface area contributed by atoms with Crippen LogP contribution in [0.4, 0.5) is 17.6 Å². The number of carbonyl (C=O) groups is 1. The minimum atomic E-state index is -4.98. The van der Waals surface area contributed by atoms with Gasteiger partial charge in [-0.25, -0.2) is 17.2 Å². The number of aromatic nitrogens is 1. The Hall–Kier alpha value is -3.21. The average Bonchev–Trinajstić information content (AvgIpc) is 3.14. The third-order valence-corrected chi connectivity index (χ3v) is 5.30. The lowest BCUT2D eigenvalue weighted by Gasteiger charge is -2.09. The molecule has 0 saturated carbocycles. The molecule has 3 aromatic rings. The number of hydrogen-bond donors (Lipinski definition) is 1. The Morgan fingerprint density at radius 1 is 1.10 bits per heavy atom. The van der Waals surface area contributed by atoms with E-state index < -0.39 is 43.6 Å². The molecule has 0 radical (unpaired) electrons. The number of benzene rings is 2. The molecule has 2 aromatic carbocycles. The first-order valence-corrected chi connectivity index (χ1v) is 9.55. The van der Waals surface area contributed by atoms with Crippen LogP contribution in [0.15, 0.2) is 57.9 Å². The fraction of sp³-hybridized carbons (Fsp3) is 0.111. The molecule has 3 rings (SSSR count). The highest BCUT2D eigenvalue weighted by Crippen LogP contribution is 2.25. The number of halogens is 4. The van der Waals surface area contributed by atoms with Crippen molar-refractivity contribution >= 4 is 15.7 Å². The Labute approximate surface area is 162 Å². The first kappa shape index (κ1) is 20.5. The molecule has 0 bridgehead atoms. The van der Waals surface area contributed by atoms with Gasteiger partial charge in [-0.3, -0.25) is 4.79 Å². The van der Waals surface area contributed by atoms with Gasteiger partial charge in [-0.05, 0) is 24.3 Å². The molecule has 6 nitrogen and oxygen atoms in total. The van der Waals surface area contributed by atoms with Gasteiger partial charge in [0.2, 0.25) is 9.84 Å². The first-order chi connectivity index (χ1) is 13.7. The second-order valence-corrected chi connectivity index (χ2v) is 7.68. The van der Waals surface area contributed by atoms with E-state index in [1.165, 1.54) is 18.2 Å². The molecule has 11 heteroatoms. The Kier molecular flexibility index (Phi) is 5.69. The minimum absolute atomic E-state index is 0.0209. The number of nitrogens with zero attached hydrogens (tertiary/aromatic N) is 1. The van der Waals surface area contributed by atoms with Crippen LogP contribution < -0.4 is 5.32 Å². The second-order valence-electron chi connectivity index (χ2n) is 5.79. The molecule has 1 heterocycles. The Morgan fingerprint density at radius 3 is 2.52 bits per heavy atom. The molecule has 0 fully saturated rings. The summed E-state index contributed by atoms with van der Waals surface area (Å²) in [6.07, 6.45) is 0. The van der Waals surface area contributed by atoms with Gasteiger partial charge >= 0.3 is 5.76 Å². The molecule has 0 aliphatic rings. The maximum atomic E-state index is 13.8. The highest BCUT2D eigenvalue weighted by atomic mass is 32.2. The normalized spacial score (nSPS) is 11.6. The van der Waals surface area contributed by atoms with Crippen LogP contribution in [-0.4, -0.2) is 25.2 Å². The van der Waals surface area contributed by atoms with Crippen molar-refractivity contribution < 1.29 is 35.3 Å². The van der Waals surface area contributed by atoms with Crippen LogP contribution >= 0.6 is 0 Å². The topological polar surface area (TPSA) is 89.3 Å². The lowest BCUT2D eigenvalue weighted by molar-refractivity contribution is 0.0946. The molecule has 0 aliphatic heterocycles. The summed E-state index contributed by atoms with van der Waals surface area (Å²) in [4.78, 5) is 11.5. The number of nitrogens with one attached hydrogen (secondary N) is 1. The van der Waals surface area contributed by atoms with Crippen molar-refractivity contribution in [1.29, 1.82) is 0 Å². The van der Waals surface area contributed by atoms with Crippen LogP contribution in [0.1, 0.15) is 16.1 Å². The second kappa shape index (κ2) is 8.03. The third kappa shape index (κ3) is 4.29. The standard InChI is InChI=1S/C18H12F4N2O4S/c19-10-5-6-12(14(20)7-10)15-8-11(24-28-15)9-23-17(25)13-3-1-2-4-16(13)29(26,27)18(21)22/h1-8,18H,9H2,(H,23,25). The smallest absolute Gasteiger partial charge is 0.341 e. The van der Waals surface area contributed by atoms with Crippen molar-refractivity contribution in [1.82, 2.24) is 10.5 Å². The van der Waals surface area contributed by atoms with Crippen LogP contribution in [0.2, 0.25) is 0 Å². The number of alkyl halides is 2. The van der Waals surface area contributed by atoms with E-state index in [-0.39, 0.29) is 23.6 Å². The van der Waals surface area contributed by atoms with Gasteiger partial charge in [0.1, 0.15) is 17.3 Å². The van der Waals surface area contributed by atoms with Gasteiger partial charge in [-0.2, -0.15) is 8.78 Å². The zero-order chi connectivity index (χ0) is 21.2. The van der Waals surface area contributed by atoms with Crippen LogP contribution in [-0.2, 0) is 16.4 Å². The zero-order valence-corrected chi connectivity index (χ0v) is 15.2. The number of sulfone groups is 1. The Bertz CT molecular complexity index is 1160. The Balaban J connectivity index is 1.77. The van der Waals surface area contributed by atoms with Crippen molar-refractivity contribution in [3.05, 3.63) is 71.4 Å². The van der Waals surface area contributed by atoms with E-state index in [0.717, 1.165) is 24.3 Å². The molecule has 1 aromatic heterocycles. The van der Waals surface area contributed by atoms with E-state index in [1.54, 1.807) is 0 Å². The largest absolute Gasteiger partial charge is 0.356 e. The van der Waals surface area contributed by atoms with Crippen molar-refractivity contribution in [2.75, 3.05) is 0 Å². The lowest BCUT2D eigenvalue weighted by atomic mass is 10.1. The number of hydrogen-bond acceptors (Lipinski definition) is 5. The molecule has 0 aliphatic carbocycles. The van der Waals surface area contributed by atoms with Gasteiger partial charge in [0.05, 0.1) is 22.6 Å². The zero-order valence-electron chi connectivity index (χ0n) is 14.4. The number of rotatable bonds is 6. The van der Waals surface area contributed by atoms with E-state index in [9.17, 15) is 30.8 Å². The summed E-state index contributed by atoms with van der Waals surface area (Å²) in [5.74, 6) is -6.27. The van der Waals surface area contributed by atoms with E-state index in [2.05, 4.69) is 10.5 Å². The molecule has 0 atom stereocenters. The van der Waals surface area contributed by atoms with Crippen molar-refractivity contribution in [2.45, 2.75) is 17.2 Å². The SMILES string of the molecule is O=C(NCc1cc(-c2ccc(F)cc2F)on1)c1ccccc1S(=O)(=O)C(F)F. The molecule has 0 saturated heterocycles. The molecule has 1 amide bonds. The van der Waals surface area contributed by atoms with Crippen molar-refractivity contribution in [3.8, 4) is 11.3 Å². The van der Waals surface area contributed by atoms with Crippen LogP contribution in [0.3, 0.4) is 0 Å². The summed E-state index contributed by atoms with van der Waals surface area (Å²) in [6, 6.07) is 8.67. The van der Waals surface area contributed by atoms with Crippen LogP contribution in [0.25, 0.3) is 11.3 Å². The molecule has 0 unspecified atom stereocenters. The summed E-state index contributed by atoms with van der Waals surface area (Å²) < 4.78 is 80.8. The lowest BCUT2D eigenvalue weighted by Crippen LogP contribution is -2.26. The molecule has 1 N–H and O–H groups in total. The Morgan fingerprint density at radius 2 is 1.83 bits per heavy atom. The van der Waals surface area contributed by atoms with E-state index in [4.69, 9.17) is 4.52 Å². The van der Waals surface area contributed by atoms with Gasteiger partial charge < -0.3 is 9.84 Å². The molecule has 29 heavy (non-hydrogen) atoms. The van der Waals surface area contributed by atoms with Gasteiger partial charge in [0.25, 0.3) is 5.91 Å². The highest BCUT2D eigenvalue weighted by molar-refractivity contribution is 7.91. The maximum Gasteiger partial charge on any atom is 0.341 e. The summed E-state index contributed by atoms with van der Waals surface area (Å²) >= 11 is 0. The average molecular weight is 428 g/mol. The molecule has 0 spiro atoms. The fourth-order valence-electron chi connectivity index (χ4n) is 2.48. The van der Waals surface area contributed by atoms with Crippen molar-refractivity contribution in [3.63, 3.8) is 0 Å². The van der Waals surface area contributed by atoms with Crippen LogP contribution in [0.5, 0.6) is 0 Å². The summed E-state index contributed by atoms with van der Waals surface area (Å²) in [7, 11) is -4.98. The summed E-state index contributed by atoms with van der Waals surface area (Å²) in [5.41, 5.74) is -0.364. The molecular weight excluding hydrogens is 416 g/mol. The number of amides is 1. The van der Waals surface area contributed by atoms with Gasteiger partial charge in [-0.15, -0.1) is 0 Å². The third-order valence-electron chi connectivity index (χ3n) is 3.86. The monoisotopic (exact) mass is 428 g/mol. The number of carbonyl (C=O) groups excluding carboxylic acids is 1. The highest BCUT2D eigenvalue weighted by Gasteiger charge is 2.30. The fourth-order valence-corrected chi connectivity index (χ4v) is 3.40. The van der Waals surface area contributed by atoms with Crippen LogP contribution in [0, 0.1) is 11.6 Å².